The molecule has 0 unspecified atom stereocenters. The molecule has 1 heterocycles. The molecule has 0 bridgehead atoms. The van der Waals surface area contributed by atoms with Crippen molar-refractivity contribution in [1.29, 1.82) is 0 Å². The fraction of sp³-hybridized carbons (Fsp3) is 0. The summed E-state index contributed by atoms with van der Waals surface area (Å²) >= 11 is 0. The van der Waals surface area contributed by atoms with Gasteiger partial charge in [-0.3, -0.25) is 0 Å². The van der Waals surface area contributed by atoms with E-state index < -0.39 is 0 Å². The highest BCUT2D eigenvalue weighted by Gasteiger charge is 2.19. The van der Waals surface area contributed by atoms with Crippen LogP contribution in [0, 0.1) is 0 Å². The second-order valence-electron chi connectivity index (χ2n) is 11.8. The first kappa shape index (κ1) is 27.0. The van der Waals surface area contributed by atoms with Crippen LogP contribution in [0.15, 0.2) is 186 Å². The van der Waals surface area contributed by atoms with E-state index in [0.717, 1.165) is 61.4 Å². The third kappa shape index (κ3) is 4.68. The molecule has 1 aromatic heterocycles. The van der Waals surface area contributed by atoms with Gasteiger partial charge in [0, 0.05) is 44.6 Å². The highest BCUT2D eigenvalue weighted by Crippen LogP contribution is 2.44. The Kier molecular flexibility index (Phi) is 6.46. The van der Waals surface area contributed by atoms with Crippen molar-refractivity contribution in [2.24, 2.45) is 0 Å². The summed E-state index contributed by atoms with van der Waals surface area (Å²) in [6.07, 6.45) is 0. The van der Waals surface area contributed by atoms with E-state index in [-0.39, 0.29) is 0 Å². The Bertz CT molecular complexity index is 2480. The molecular weight excluding hydrogens is 572 g/mol. The molecule has 0 fully saturated rings. The maximum absolute atomic E-state index is 6.23. The molecule has 0 saturated carbocycles. The summed E-state index contributed by atoms with van der Waals surface area (Å²) in [6, 6.07) is 64.4. The van der Waals surface area contributed by atoms with Gasteiger partial charge in [-0.2, -0.15) is 0 Å². The average molecular weight is 603 g/mol. The van der Waals surface area contributed by atoms with Gasteiger partial charge in [0.25, 0.3) is 0 Å². The molecule has 3 nitrogen and oxygen atoms in total. The van der Waals surface area contributed by atoms with Crippen molar-refractivity contribution in [3.05, 3.63) is 182 Å². The van der Waals surface area contributed by atoms with Crippen LogP contribution in [0.4, 0.5) is 34.1 Å². The summed E-state index contributed by atoms with van der Waals surface area (Å²) in [7, 11) is 0. The molecule has 47 heavy (non-hydrogen) atoms. The predicted molar refractivity (Wildman–Crippen MR) is 198 cm³/mol. The summed E-state index contributed by atoms with van der Waals surface area (Å²) in [5.41, 5.74) is 8.43. The molecule has 8 aromatic carbocycles. The summed E-state index contributed by atoms with van der Waals surface area (Å²) in [5.74, 6) is 0. The van der Waals surface area contributed by atoms with Crippen LogP contribution >= 0.6 is 0 Å². The minimum atomic E-state index is 0.915. The van der Waals surface area contributed by atoms with Crippen LogP contribution in [0.2, 0.25) is 0 Å². The molecule has 0 aliphatic rings. The lowest BCUT2D eigenvalue weighted by Gasteiger charge is -2.30. The topological polar surface area (TPSA) is 19.6 Å². The second kappa shape index (κ2) is 11.2. The van der Waals surface area contributed by atoms with Gasteiger partial charge in [0.1, 0.15) is 11.2 Å². The first-order valence-electron chi connectivity index (χ1n) is 15.9. The molecule has 222 valence electrons. The number of anilines is 6. The number of nitrogens with zero attached hydrogens (tertiary/aromatic N) is 2. The zero-order chi connectivity index (χ0) is 31.2. The standard InChI is InChI=1S/C44H30N2O/c1-4-14-32(15-5-1)45(33-16-6-2-7-17-33)35-20-12-21-36(29-35)46(34-18-8-3-9-19-34)42-24-13-23-37-38(42)27-26-31-28-44-41(30-40(31)37)39-22-10-11-25-43(39)47-44/h1-30H. The Morgan fingerprint density at radius 2 is 0.851 bits per heavy atom. The summed E-state index contributed by atoms with van der Waals surface area (Å²) in [4.78, 5) is 4.68. The minimum Gasteiger partial charge on any atom is -0.456 e. The van der Waals surface area contributed by atoms with E-state index >= 15 is 0 Å². The molecule has 0 spiro atoms. The Morgan fingerprint density at radius 1 is 0.298 bits per heavy atom. The van der Waals surface area contributed by atoms with E-state index in [2.05, 4.69) is 180 Å². The van der Waals surface area contributed by atoms with Crippen LogP contribution in [0.3, 0.4) is 0 Å². The van der Waals surface area contributed by atoms with Crippen molar-refractivity contribution < 1.29 is 4.42 Å². The van der Waals surface area contributed by atoms with Gasteiger partial charge < -0.3 is 14.2 Å². The molecule has 0 aliphatic carbocycles. The number of para-hydroxylation sites is 4. The number of hydrogen-bond acceptors (Lipinski definition) is 3. The fourth-order valence-electron chi connectivity index (χ4n) is 6.87. The van der Waals surface area contributed by atoms with Crippen LogP contribution in [0.1, 0.15) is 0 Å². The molecule has 9 rings (SSSR count). The van der Waals surface area contributed by atoms with Gasteiger partial charge in [0.05, 0.1) is 5.69 Å². The first-order chi connectivity index (χ1) is 23.3. The van der Waals surface area contributed by atoms with E-state index in [1.165, 1.54) is 16.2 Å². The second-order valence-corrected chi connectivity index (χ2v) is 11.8. The third-order valence-corrected chi connectivity index (χ3v) is 8.98. The van der Waals surface area contributed by atoms with Gasteiger partial charge in [-0.15, -0.1) is 0 Å². The van der Waals surface area contributed by atoms with Crippen LogP contribution in [0.25, 0.3) is 43.5 Å². The quantitative estimate of drug-likeness (QED) is 0.177. The van der Waals surface area contributed by atoms with Gasteiger partial charge in [0.15, 0.2) is 0 Å². The molecule has 3 heteroatoms. The number of fused-ring (bicyclic) bond motifs is 6. The highest BCUT2D eigenvalue weighted by molar-refractivity contribution is 6.18. The minimum absolute atomic E-state index is 0.915. The normalized spacial score (nSPS) is 11.4. The van der Waals surface area contributed by atoms with E-state index in [1.807, 2.05) is 12.1 Å². The molecule has 0 radical (unpaired) electrons. The Hall–Kier alpha value is -6.32. The Labute approximate surface area is 273 Å². The fourth-order valence-corrected chi connectivity index (χ4v) is 6.87. The van der Waals surface area contributed by atoms with E-state index in [1.54, 1.807) is 0 Å². The van der Waals surface area contributed by atoms with E-state index in [9.17, 15) is 0 Å². The number of rotatable bonds is 6. The summed E-state index contributed by atoms with van der Waals surface area (Å²) < 4.78 is 6.23. The molecule has 0 N–H and O–H groups in total. The van der Waals surface area contributed by atoms with Crippen molar-refractivity contribution >= 4 is 77.6 Å². The van der Waals surface area contributed by atoms with E-state index in [0.29, 0.717) is 0 Å². The van der Waals surface area contributed by atoms with Crippen molar-refractivity contribution in [2.45, 2.75) is 0 Å². The lowest BCUT2D eigenvalue weighted by Crippen LogP contribution is -2.13. The molecular formula is C44H30N2O. The van der Waals surface area contributed by atoms with Crippen LogP contribution in [0.5, 0.6) is 0 Å². The van der Waals surface area contributed by atoms with Gasteiger partial charge in [-0.05, 0) is 95.0 Å². The Morgan fingerprint density at radius 3 is 1.55 bits per heavy atom. The lowest BCUT2D eigenvalue weighted by atomic mass is 9.98. The summed E-state index contributed by atoms with van der Waals surface area (Å²) in [5, 5.41) is 7.05. The van der Waals surface area contributed by atoms with Gasteiger partial charge in [-0.1, -0.05) is 103 Å². The van der Waals surface area contributed by atoms with Crippen molar-refractivity contribution in [1.82, 2.24) is 0 Å². The van der Waals surface area contributed by atoms with E-state index in [4.69, 9.17) is 4.42 Å². The first-order valence-corrected chi connectivity index (χ1v) is 15.9. The van der Waals surface area contributed by atoms with Crippen LogP contribution in [-0.4, -0.2) is 0 Å². The molecule has 0 aliphatic heterocycles. The smallest absolute Gasteiger partial charge is 0.136 e. The third-order valence-electron chi connectivity index (χ3n) is 8.98. The number of hydrogen-bond donors (Lipinski definition) is 0. The van der Waals surface area contributed by atoms with Crippen molar-refractivity contribution in [3.63, 3.8) is 0 Å². The maximum atomic E-state index is 6.23. The van der Waals surface area contributed by atoms with Gasteiger partial charge in [0.2, 0.25) is 0 Å². The SMILES string of the molecule is c1ccc(N(c2ccccc2)c2cccc(N(c3ccccc3)c3cccc4c3ccc3cc5oc6ccccc6c5cc34)c2)cc1. The highest BCUT2D eigenvalue weighted by atomic mass is 16.3. The van der Waals surface area contributed by atoms with Crippen molar-refractivity contribution in [2.75, 3.05) is 9.80 Å². The van der Waals surface area contributed by atoms with Gasteiger partial charge in [-0.25, -0.2) is 0 Å². The van der Waals surface area contributed by atoms with Crippen LogP contribution < -0.4 is 9.80 Å². The van der Waals surface area contributed by atoms with Crippen molar-refractivity contribution in [3.8, 4) is 0 Å². The molecule has 0 saturated heterocycles. The summed E-state index contributed by atoms with van der Waals surface area (Å²) in [6.45, 7) is 0. The molecule has 0 atom stereocenters. The largest absolute Gasteiger partial charge is 0.456 e. The zero-order valence-corrected chi connectivity index (χ0v) is 25.6. The number of benzene rings is 8. The maximum Gasteiger partial charge on any atom is 0.136 e. The zero-order valence-electron chi connectivity index (χ0n) is 25.6. The molecule has 9 aromatic rings. The lowest BCUT2D eigenvalue weighted by molar-refractivity contribution is 0.669. The number of furan rings is 1. The van der Waals surface area contributed by atoms with Gasteiger partial charge >= 0.3 is 0 Å². The Balaban J connectivity index is 1.25. The average Bonchev–Trinajstić information content (AvgIpc) is 3.50. The monoisotopic (exact) mass is 602 g/mol. The molecule has 0 amide bonds. The van der Waals surface area contributed by atoms with Crippen LogP contribution in [-0.2, 0) is 0 Å². The predicted octanol–water partition coefficient (Wildman–Crippen LogP) is 12.8.